The molecule has 5 atom stereocenters. The van der Waals surface area contributed by atoms with E-state index in [9.17, 15) is 20.1 Å². The van der Waals surface area contributed by atoms with Crippen LogP contribution < -0.4 is 5.32 Å². The summed E-state index contributed by atoms with van der Waals surface area (Å²) in [7, 11) is 0. The Morgan fingerprint density at radius 1 is 1.07 bits per heavy atom. The van der Waals surface area contributed by atoms with Crippen molar-refractivity contribution in [3.05, 3.63) is 0 Å². The highest BCUT2D eigenvalue weighted by atomic mass is 16.7. The molecule has 0 aromatic carbocycles. The van der Waals surface area contributed by atoms with Gasteiger partial charge in [0.05, 0.1) is 46.2 Å². The van der Waals surface area contributed by atoms with E-state index in [0.29, 0.717) is 26.4 Å². The standard InChI is InChI=1S/C17H29NO9/c1-3-4-23-5-6-24-7-8-25-9-10-26-17-14(18-12(2)20)16(22)15(21)13(11-19)27-17/h1,13-17,19,21-22H,4-11H2,2H3,(H,18,20)/t13-,14-,15+,16+,17-/m1/s1. The van der Waals surface area contributed by atoms with E-state index in [-0.39, 0.29) is 19.8 Å². The molecular weight excluding hydrogens is 362 g/mol. The number of aliphatic hydroxyl groups excluding tert-OH is 3. The van der Waals surface area contributed by atoms with Gasteiger partial charge in [-0.15, -0.1) is 6.42 Å². The van der Waals surface area contributed by atoms with Crippen molar-refractivity contribution in [1.82, 2.24) is 5.32 Å². The fourth-order valence-corrected chi connectivity index (χ4v) is 2.41. The second kappa shape index (κ2) is 13.8. The zero-order valence-electron chi connectivity index (χ0n) is 15.4. The van der Waals surface area contributed by atoms with Gasteiger partial charge in [-0.25, -0.2) is 0 Å². The van der Waals surface area contributed by atoms with Gasteiger partial charge in [-0.1, -0.05) is 5.92 Å². The van der Waals surface area contributed by atoms with Crippen LogP contribution in [0, 0.1) is 12.3 Å². The molecule has 1 rings (SSSR count). The number of amides is 1. The minimum atomic E-state index is -1.34. The lowest BCUT2D eigenvalue weighted by Gasteiger charge is -2.42. The third kappa shape index (κ3) is 8.96. The molecule has 1 amide bonds. The van der Waals surface area contributed by atoms with Gasteiger partial charge >= 0.3 is 0 Å². The molecule has 0 aliphatic carbocycles. The average Bonchev–Trinajstić information content (AvgIpc) is 2.64. The Morgan fingerprint density at radius 3 is 2.22 bits per heavy atom. The first-order valence-electron chi connectivity index (χ1n) is 8.69. The summed E-state index contributed by atoms with van der Waals surface area (Å²) in [5.74, 6) is 1.94. The Bertz CT molecular complexity index is 456. The first-order chi connectivity index (χ1) is 13.0. The van der Waals surface area contributed by atoms with Crippen LogP contribution in [-0.4, -0.2) is 105 Å². The maximum absolute atomic E-state index is 11.3. The van der Waals surface area contributed by atoms with Gasteiger partial charge in [-0.3, -0.25) is 4.79 Å². The molecule has 0 saturated carbocycles. The summed E-state index contributed by atoms with van der Waals surface area (Å²) in [5, 5.41) is 31.7. The second-order valence-corrected chi connectivity index (χ2v) is 5.79. The SMILES string of the molecule is C#CCOCCOCCOCCO[C@@H]1O[C@H](CO)[C@H](O)[C@@H](O)[C@H]1NC(C)=O. The molecule has 0 bridgehead atoms. The minimum Gasteiger partial charge on any atom is -0.394 e. The molecule has 1 saturated heterocycles. The summed E-state index contributed by atoms with van der Waals surface area (Å²) in [6.07, 6.45) is 0.315. The lowest BCUT2D eigenvalue weighted by Crippen LogP contribution is -2.64. The molecule has 1 fully saturated rings. The highest BCUT2D eigenvalue weighted by Gasteiger charge is 2.45. The zero-order valence-corrected chi connectivity index (χ0v) is 15.4. The van der Waals surface area contributed by atoms with Crippen LogP contribution in [0.2, 0.25) is 0 Å². The van der Waals surface area contributed by atoms with Crippen molar-refractivity contribution in [3.8, 4) is 12.3 Å². The largest absolute Gasteiger partial charge is 0.394 e. The first kappa shape index (κ1) is 23.7. The highest BCUT2D eigenvalue weighted by Crippen LogP contribution is 2.22. The fraction of sp³-hybridized carbons (Fsp3) is 0.824. The van der Waals surface area contributed by atoms with Crippen molar-refractivity contribution in [2.24, 2.45) is 0 Å². The molecule has 10 nitrogen and oxygen atoms in total. The van der Waals surface area contributed by atoms with Crippen LogP contribution in [-0.2, 0) is 28.5 Å². The van der Waals surface area contributed by atoms with Crippen molar-refractivity contribution in [2.75, 3.05) is 52.9 Å². The topological polar surface area (TPSA) is 136 Å². The van der Waals surface area contributed by atoms with Crippen molar-refractivity contribution in [3.63, 3.8) is 0 Å². The number of terminal acetylenes is 1. The third-order valence-electron chi connectivity index (χ3n) is 3.69. The van der Waals surface area contributed by atoms with Crippen molar-refractivity contribution in [1.29, 1.82) is 0 Å². The van der Waals surface area contributed by atoms with E-state index in [2.05, 4.69) is 11.2 Å². The molecule has 0 spiro atoms. The number of ether oxygens (including phenoxy) is 5. The van der Waals surface area contributed by atoms with E-state index >= 15 is 0 Å². The van der Waals surface area contributed by atoms with E-state index < -0.39 is 43.2 Å². The third-order valence-corrected chi connectivity index (χ3v) is 3.69. The van der Waals surface area contributed by atoms with Gasteiger partial charge in [-0.2, -0.15) is 0 Å². The Kier molecular flexibility index (Phi) is 12.2. The van der Waals surface area contributed by atoms with Crippen LogP contribution in [0.4, 0.5) is 0 Å². The van der Waals surface area contributed by atoms with Gasteiger partial charge in [0.25, 0.3) is 0 Å². The number of carbonyl (C=O) groups excluding carboxylic acids is 1. The van der Waals surface area contributed by atoms with Gasteiger partial charge < -0.3 is 44.3 Å². The quantitative estimate of drug-likeness (QED) is 0.201. The molecule has 1 aliphatic rings. The summed E-state index contributed by atoms with van der Waals surface area (Å²) >= 11 is 0. The van der Waals surface area contributed by atoms with Crippen molar-refractivity contribution < 1.29 is 43.8 Å². The summed E-state index contributed by atoms with van der Waals surface area (Å²) in [5.41, 5.74) is 0. The van der Waals surface area contributed by atoms with Gasteiger partial charge in [0.2, 0.25) is 5.91 Å². The van der Waals surface area contributed by atoms with Crippen LogP contribution in [0.3, 0.4) is 0 Å². The monoisotopic (exact) mass is 391 g/mol. The molecule has 0 aromatic heterocycles. The molecule has 4 N–H and O–H groups in total. The number of nitrogens with one attached hydrogen (secondary N) is 1. The number of hydrogen-bond donors (Lipinski definition) is 4. The molecule has 1 aliphatic heterocycles. The normalized spacial score (nSPS) is 27.9. The highest BCUT2D eigenvalue weighted by molar-refractivity contribution is 5.73. The van der Waals surface area contributed by atoms with E-state index in [4.69, 9.17) is 30.1 Å². The number of carbonyl (C=O) groups is 1. The van der Waals surface area contributed by atoms with Crippen LogP contribution in [0.25, 0.3) is 0 Å². The summed E-state index contributed by atoms with van der Waals surface area (Å²) in [6.45, 7) is 2.93. The van der Waals surface area contributed by atoms with Gasteiger partial charge in [0, 0.05) is 6.92 Å². The summed E-state index contributed by atoms with van der Waals surface area (Å²) < 4.78 is 26.6. The van der Waals surface area contributed by atoms with Crippen LogP contribution >= 0.6 is 0 Å². The molecule has 10 heteroatoms. The Hall–Kier alpha value is -1.29. The van der Waals surface area contributed by atoms with Crippen LogP contribution in [0.5, 0.6) is 0 Å². The number of rotatable bonds is 13. The van der Waals surface area contributed by atoms with E-state index in [1.54, 1.807) is 0 Å². The Morgan fingerprint density at radius 2 is 1.67 bits per heavy atom. The van der Waals surface area contributed by atoms with E-state index in [1.807, 2.05) is 0 Å². The maximum Gasteiger partial charge on any atom is 0.217 e. The van der Waals surface area contributed by atoms with Crippen molar-refractivity contribution >= 4 is 5.91 Å². The molecule has 156 valence electrons. The molecule has 1 heterocycles. The van der Waals surface area contributed by atoms with E-state index in [1.165, 1.54) is 6.92 Å². The lowest BCUT2D eigenvalue weighted by atomic mass is 9.97. The summed E-state index contributed by atoms with van der Waals surface area (Å²) in [4.78, 5) is 11.3. The molecule has 0 unspecified atom stereocenters. The minimum absolute atomic E-state index is 0.118. The second-order valence-electron chi connectivity index (χ2n) is 5.79. The number of aliphatic hydroxyl groups is 3. The predicted octanol–water partition coefficient (Wildman–Crippen LogP) is -2.37. The average molecular weight is 391 g/mol. The molecule has 0 radical (unpaired) electrons. The van der Waals surface area contributed by atoms with Gasteiger partial charge in [-0.05, 0) is 0 Å². The first-order valence-corrected chi connectivity index (χ1v) is 8.69. The van der Waals surface area contributed by atoms with Crippen LogP contribution in [0.1, 0.15) is 6.92 Å². The summed E-state index contributed by atoms with van der Waals surface area (Å²) in [6, 6.07) is -0.966. The smallest absolute Gasteiger partial charge is 0.217 e. The lowest BCUT2D eigenvalue weighted by molar-refractivity contribution is -0.272. The van der Waals surface area contributed by atoms with Gasteiger partial charge in [0.1, 0.15) is 31.0 Å². The Labute approximate surface area is 158 Å². The molecule has 0 aromatic rings. The fourth-order valence-electron chi connectivity index (χ4n) is 2.41. The van der Waals surface area contributed by atoms with Gasteiger partial charge in [0.15, 0.2) is 6.29 Å². The zero-order chi connectivity index (χ0) is 20.1. The van der Waals surface area contributed by atoms with Crippen LogP contribution in [0.15, 0.2) is 0 Å². The predicted molar refractivity (Wildman–Crippen MR) is 92.6 cm³/mol. The molecule has 27 heavy (non-hydrogen) atoms. The maximum atomic E-state index is 11.3. The Balaban J connectivity index is 2.24. The van der Waals surface area contributed by atoms with Crippen molar-refractivity contribution in [2.45, 2.75) is 37.6 Å². The molecular formula is C17H29NO9. The number of hydrogen-bond acceptors (Lipinski definition) is 9. The van der Waals surface area contributed by atoms with E-state index in [0.717, 1.165) is 0 Å².